The van der Waals surface area contributed by atoms with E-state index in [0.717, 1.165) is 0 Å². The van der Waals surface area contributed by atoms with Crippen molar-refractivity contribution >= 4 is 5.91 Å². The van der Waals surface area contributed by atoms with Gasteiger partial charge in [0.25, 0.3) is 5.91 Å². The standard InChI is InChI=1S/C22H22N2O5/c1-4-13-28-19-10-9-17(16-20(19)26-3)27-15-12-24-22(25)21(29-14-5-2)18-8-6-7-11-23-18/h1-2,6-11,16,21H,12-15H2,3H3,(H,24,25). The van der Waals surface area contributed by atoms with Gasteiger partial charge in [-0.2, -0.15) is 0 Å². The van der Waals surface area contributed by atoms with Crippen LogP contribution in [0, 0.1) is 24.7 Å². The third-order valence-electron chi connectivity index (χ3n) is 3.64. The fourth-order valence-corrected chi connectivity index (χ4v) is 2.37. The Morgan fingerprint density at radius 2 is 1.97 bits per heavy atom. The number of ether oxygens (including phenoxy) is 4. The number of pyridine rings is 1. The molecule has 2 aromatic rings. The topological polar surface area (TPSA) is 78.9 Å². The second-order valence-electron chi connectivity index (χ2n) is 5.59. The number of carbonyl (C=O) groups excluding carboxylic acids is 1. The van der Waals surface area contributed by atoms with E-state index in [2.05, 4.69) is 22.1 Å². The normalized spacial score (nSPS) is 10.9. The Morgan fingerprint density at radius 3 is 2.66 bits per heavy atom. The number of terminal acetylenes is 2. The molecule has 7 heteroatoms. The van der Waals surface area contributed by atoms with Crippen molar-refractivity contribution in [3.8, 4) is 41.9 Å². The van der Waals surface area contributed by atoms with Crippen LogP contribution in [-0.4, -0.2) is 44.4 Å². The summed E-state index contributed by atoms with van der Waals surface area (Å²) < 4.78 is 21.7. The molecular weight excluding hydrogens is 372 g/mol. The van der Waals surface area contributed by atoms with E-state index in [9.17, 15) is 4.79 Å². The summed E-state index contributed by atoms with van der Waals surface area (Å²) in [7, 11) is 1.52. The summed E-state index contributed by atoms with van der Waals surface area (Å²) in [4.78, 5) is 16.6. The van der Waals surface area contributed by atoms with Gasteiger partial charge in [-0.3, -0.25) is 9.78 Å². The largest absolute Gasteiger partial charge is 0.493 e. The molecule has 1 aromatic carbocycles. The third-order valence-corrected chi connectivity index (χ3v) is 3.64. The molecule has 7 nitrogen and oxygen atoms in total. The minimum atomic E-state index is -0.889. The van der Waals surface area contributed by atoms with Crippen molar-refractivity contribution in [2.24, 2.45) is 0 Å². The zero-order valence-electron chi connectivity index (χ0n) is 16.1. The van der Waals surface area contributed by atoms with Crippen LogP contribution in [0.15, 0.2) is 42.6 Å². The maximum absolute atomic E-state index is 12.5. The first-order valence-electron chi connectivity index (χ1n) is 8.80. The molecule has 150 valence electrons. The quantitative estimate of drug-likeness (QED) is 0.464. The molecule has 29 heavy (non-hydrogen) atoms. The second-order valence-corrected chi connectivity index (χ2v) is 5.59. The van der Waals surface area contributed by atoms with Gasteiger partial charge in [-0.25, -0.2) is 0 Å². The summed E-state index contributed by atoms with van der Waals surface area (Å²) in [6.07, 6.45) is 11.1. The van der Waals surface area contributed by atoms with E-state index < -0.39 is 6.10 Å². The number of nitrogens with one attached hydrogen (secondary N) is 1. The molecule has 0 aliphatic heterocycles. The molecule has 0 aliphatic rings. The number of methoxy groups -OCH3 is 1. The molecule has 0 bridgehead atoms. The minimum Gasteiger partial charge on any atom is -0.493 e. The van der Waals surface area contributed by atoms with Crippen LogP contribution in [0.25, 0.3) is 0 Å². The maximum atomic E-state index is 12.5. The molecule has 0 saturated carbocycles. The second kappa shape index (κ2) is 11.9. The highest BCUT2D eigenvalue weighted by molar-refractivity contribution is 5.81. The van der Waals surface area contributed by atoms with Gasteiger partial charge in [-0.1, -0.05) is 17.9 Å². The first kappa shape index (κ1) is 21.6. The Hall–Kier alpha value is -3.68. The molecule has 0 spiro atoms. The molecule has 2 rings (SSSR count). The van der Waals surface area contributed by atoms with Crippen LogP contribution in [0.4, 0.5) is 0 Å². The highest BCUT2D eigenvalue weighted by Gasteiger charge is 2.22. The zero-order chi connectivity index (χ0) is 20.9. The summed E-state index contributed by atoms with van der Waals surface area (Å²) in [5.41, 5.74) is 0.480. The number of carbonyl (C=O) groups is 1. The molecule has 1 unspecified atom stereocenters. The van der Waals surface area contributed by atoms with Gasteiger partial charge in [0.2, 0.25) is 0 Å². The van der Waals surface area contributed by atoms with Crippen molar-refractivity contribution < 1.29 is 23.7 Å². The van der Waals surface area contributed by atoms with Crippen molar-refractivity contribution in [2.75, 3.05) is 33.5 Å². The molecule has 1 atom stereocenters. The fourth-order valence-electron chi connectivity index (χ4n) is 2.37. The number of benzene rings is 1. The summed E-state index contributed by atoms with van der Waals surface area (Å²) in [5.74, 6) is 5.98. The lowest BCUT2D eigenvalue weighted by molar-refractivity contribution is -0.132. The summed E-state index contributed by atoms with van der Waals surface area (Å²) in [6, 6.07) is 10.3. The molecule has 0 fully saturated rings. The third kappa shape index (κ3) is 6.76. The van der Waals surface area contributed by atoms with E-state index in [1.54, 1.807) is 42.6 Å². The van der Waals surface area contributed by atoms with Gasteiger partial charge in [0.15, 0.2) is 17.6 Å². The van der Waals surface area contributed by atoms with Crippen LogP contribution >= 0.6 is 0 Å². The predicted molar refractivity (Wildman–Crippen MR) is 108 cm³/mol. The Labute approximate surface area is 170 Å². The van der Waals surface area contributed by atoms with Gasteiger partial charge in [0.05, 0.1) is 19.3 Å². The number of aromatic nitrogens is 1. The smallest absolute Gasteiger partial charge is 0.255 e. The van der Waals surface area contributed by atoms with Gasteiger partial charge < -0.3 is 24.3 Å². The van der Waals surface area contributed by atoms with Crippen molar-refractivity contribution in [3.05, 3.63) is 48.3 Å². The molecule has 1 N–H and O–H groups in total. The van der Waals surface area contributed by atoms with Gasteiger partial charge >= 0.3 is 0 Å². The highest BCUT2D eigenvalue weighted by Crippen LogP contribution is 2.31. The van der Waals surface area contributed by atoms with Crippen LogP contribution in [0.3, 0.4) is 0 Å². The Bertz CT molecular complexity index is 871. The fraction of sp³-hybridized carbons (Fsp3) is 0.273. The number of rotatable bonds is 11. The Morgan fingerprint density at radius 1 is 1.14 bits per heavy atom. The maximum Gasteiger partial charge on any atom is 0.255 e. The average Bonchev–Trinajstić information content (AvgIpc) is 2.76. The summed E-state index contributed by atoms with van der Waals surface area (Å²) in [6.45, 7) is 0.642. The average molecular weight is 394 g/mol. The molecule has 0 saturated heterocycles. The zero-order valence-corrected chi connectivity index (χ0v) is 16.1. The van der Waals surface area contributed by atoms with E-state index in [1.807, 2.05) is 0 Å². The lowest BCUT2D eigenvalue weighted by Gasteiger charge is -2.16. The van der Waals surface area contributed by atoms with E-state index >= 15 is 0 Å². The lowest BCUT2D eigenvalue weighted by atomic mass is 10.2. The number of hydrogen-bond donors (Lipinski definition) is 1. The highest BCUT2D eigenvalue weighted by atomic mass is 16.5. The van der Waals surface area contributed by atoms with Crippen molar-refractivity contribution in [2.45, 2.75) is 6.10 Å². The summed E-state index contributed by atoms with van der Waals surface area (Å²) in [5, 5.41) is 2.75. The minimum absolute atomic E-state index is 0.000941. The first-order valence-corrected chi connectivity index (χ1v) is 8.80. The van der Waals surface area contributed by atoms with Gasteiger partial charge in [-0.15, -0.1) is 12.8 Å². The van der Waals surface area contributed by atoms with Crippen LogP contribution in [-0.2, 0) is 9.53 Å². The van der Waals surface area contributed by atoms with Crippen molar-refractivity contribution in [3.63, 3.8) is 0 Å². The molecule has 1 heterocycles. The Balaban J connectivity index is 1.87. The van der Waals surface area contributed by atoms with Gasteiger partial charge in [0, 0.05) is 12.3 Å². The lowest BCUT2D eigenvalue weighted by Crippen LogP contribution is -2.34. The van der Waals surface area contributed by atoms with Gasteiger partial charge in [0.1, 0.15) is 25.6 Å². The number of hydrogen-bond acceptors (Lipinski definition) is 6. The van der Waals surface area contributed by atoms with Crippen LogP contribution in [0.5, 0.6) is 17.2 Å². The Kier molecular flexibility index (Phi) is 8.88. The van der Waals surface area contributed by atoms with Crippen LogP contribution in [0.1, 0.15) is 11.8 Å². The van der Waals surface area contributed by atoms with E-state index in [0.29, 0.717) is 22.9 Å². The molecular formula is C22H22N2O5. The van der Waals surface area contributed by atoms with Crippen molar-refractivity contribution in [1.82, 2.24) is 10.3 Å². The SMILES string of the molecule is C#CCOc1ccc(OCCNC(=O)C(OCC#C)c2ccccn2)cc1OC. The molecule has 1 amide bonds. The van der Waals surface area contributed by atoms with Gasteiger partial charge in [-0.05, 0) is 24.3 Å². The predicted octanol–water partition coefficient (Wildman–Crippen LogP) is 1.99. The van der Waals surface area contributed by atoms with Crippen LogP contribution < -0.4 is 19.5 Å². The first-order chi connectivity index (χ1) is 14.2. The van der Waals surface area contributed by atoms with E-state index in [-0.39, 0.29) is 32.3 Å². The molecule has 1 aromatic heterocycles. The van der Waals surface area contributed by atoms with Crippen LogP contribution in [0.2, 0.25) is 0 Å². The van der Waals surface area contributed by atoms with E-state index in [1.165, 1.54) is 7.11 Å². The van der Waals surface area contributed by atoms with Crippen molar-refractivity contribution in [1.29, 1.82) is 0 Å². The monoisotopic (exact) mass is 394 g/mol. The number of nitrogens with zero attached hydrogens (tertiary/aromatic N) is 1. The van der Waals surface area contributed by atoms with E-state index in [4.69, 9.17) is 31.8 Å². The number of amides is 1. The molecule has 0 aliphatic carbocycles. The molecule has 0 radical (unpaired) electrons. The summed E-state index contributed by atoms with van der Waals surface area (Å²) >= 11 is 0.